The SMILES string of the molecule is CC(=O)[C@@H]1[C@@H]2c3ccccc3O[C@]1(C)N=c1s/c(=C3\C(=O)Nc4ccc(Br)cc43)c(=O)n12. The van der Waals surface area contributed by atoms with Gasteiger partial charge in [-0.3, -0.25) is 19.0 Å². The summed E-state index contributed by atoms with van der Waals surface area (Å²) in [7, 11) is 0. The van der Waals surface area contributed by atoms with Gasteiger partial charge in [-0.2, -0.15) is 0 Å². The van der Waals surface area contributed by atoms with E-state index in [0.717, 1.165) is 21.4 Å². The van der Waals surface area contributed by atoms with Crippen LogP contribution >= 0.6 is 27.3 Å². The molecule has 9 heteroatoms. The molecule has 0 fully saturated rings. The van der Waals surface area contributed by atoms with Crippen LogP contribution in [-0.4, -0.2) is 22.0 Å². The van der Waals surface area contributed by atoms with Crippen LogP contribution in [0.2, 0.25) is 0 Å². The van der Waals surface area contributed by atoms with Crippen molar-refractivity contribution >= 4 is 50.2 Å². The summed E-state index contributed by atoms with van der Waals surface area (Å²) >= 11 is 4.60. The molecule has 32 heavy (non-hydrogen) atoms. The molecule has 7 nitrogen and oxygen atoms in total. The highest BCUT2D eigenvalue weighted by atomic mass is 79.9. The standard InChI is InChI=1S/C23H16BrN3O4S/c1-10(28)17-18-12-5-3-4-6-15(12)31-23(17,2)26-22-27(18)21(30)19(32-22)16-13-9-11(24)7-8-14(13)25-20(16)29/h3-9,17-18H,1-2H3,(H,25,29)/b19-16-/t17-,18+,23+/m1/s1. The Morgan fingerprint density at radius 1 is 1.25 bits per heavy atom. The number of rotatable bonds is 1. The summed E-state index contributed by atoms with van der Waals surface area (Å²) in [4.78, 5) is 44.5. The third-order valence-corrected chi connectivity index (χ3v) is 7.79. The Hall–Kier alpha value is -3.04. The highest BCUT2D eigenvalue weighted by Crippen LogP contribution is 2.47. The Morgan fingerprint density at radius 3 is 2.81 bits per heavy atom. The Labute approximate surface area is 194 Å². The van der Waals surface area contributed by atoms with Crippen molar-refractivity contribution in [2.24, 2.45) is 10.9 Å². The van der Waals surface area contributed by atoms with E-state index < -0.39 is 17.7 Å². The van der Waals surface area contributed by atoms with Gasteiger partial charge in [-0.25, -0.2) is 4.99 Å². The number of para-hydroxylation sites is 1. The minimum absolute atomic E-state index is 0.110. The summed E-state index contributed by atoms with van der Waals surface area (Å²) in [6, 6.07) is 12.3. The lowest BCUT2D eigenvalue weighted by Gasteiger charge is -2.45. The topological polar surface area (TPSA) is 89.8 Å². The van der Waals surface area contributed by atoms with Crippen LogP contribution in [0, 0.1) is 5.92 Å². The Balaban J connectivity index is 1.72. The van der Waals surface area contributed by atoms with E-state index in [-0.39, 0.29) is 17.2 Å². The molecule has 0 radical (unpaired) electrons. The molecule has 2 aromatic carbocycles. The summed E-state index contributed by atoms with van der Waals surface area (Å²) in [5.41, 5.74) is 0.930. The van der Waals surface area contributed by atoms with E-state index in [2.05, 4.69) is 21.2 Å². The highest BCUT2D eigenvalue weighted by Gasteiger charge is 2.53. The summed E-state index contributed by atoms with van der Waals surface area (Å²) in [6.07, 6.45) is 0. The first-order valence-corrected chi connectivity index (χ1v) is 11.6. The number of hydrogen-bond acceptors (Lipinski definition) is 6. The van der Waals surface area contributed by atoms with Crippen molar-refractivity contribution in [2.75, 3.05) is 5.32 Å². The lowest BCUT2D eigenvalue weighted by Crippen LogP contribution is -2.58. The van der Waals surface area contributed by atoms with Gasteiger partial charge in [0.2, 0.25) is 5.72 Å². The average Bonchev–Trinajstić information content (AvgIpc) is 3.21. The van der Waals surface area contributed by atoms with Gasteiger partial charge in [0.1, 0.15) is 22.0 Å². The van der Waals surface area contributed by atoms with Crippen LogP contribution in [0.25, 0.3) is 5.57 Å². The molecule has 6 rings (SSSR count). The number of fused-ring (bicyclic) bond motifs is 7. The van der Waals surface area contributed by atoms with Crippen LogP contribution in [0.5, 0.6) is 5.75 Å². The fourth-order valence-electron chi connectivity index (χ4n) is 4.97. The van der Waals surface area contributed by atoms with E-state index in [9.17, 15) is 14.4 Å². The van der Waals surface area contributed by atoms with E-state index in [0.29, 0.717) is 31.9 Å². The molecule has 0 saturated carbocycles. The van der Waals surface area contributed by atoms with E-state index in [4.69, 9.17) is 9.73 Å². The zero-order valence-corrected chi connectivity index (χ0v) is 19.4. The minimum atomic E-state index is -1.14. The number of anilines is 1. The Morgan fingerprint density at radius 2 is 2.03 bits per heavy atom. The van der Waals surface area contributed by atoms with Gasteiger partial charge in [0.25, 0.3) is 11.5 Å². The van der Waals surface area contributed by atoms with Gasteiger partial charge in [-0.1, -0.05) is 45.5 Å². The maximum Gasteiger partial charge on any atom is 0.271 e. The normalized spacial score (nSPS) is 26.3. The molecule has 0 aliphatic carbocycles. The maximum absolute atomic E-state index is 13.8. The van der Waals surface area contributed by atoms with Crippen molar-refractivity contribution in [2.45, 2.75) is 25.6 Å². The molecule has 3 aromatic rings. The number of ketones is 1. The summed E-state index contributed by atoms with van der Waals surface area (Å²) in [6.45, 7) is 3.27. The molecule has 3 aliphatic rings. The van der Waals surface area contributed by atoms with Gasteiger partial charge in [0.15, 0.2) is 4.80 Å². The van der Waals surface area contributed by atoms with Gasteiger partial charge in [0.05, 0.1) is 11.6 Å². The number of thiazole rings is 1. The van der Waals surface area contributed by atoms with Crippen molar-refractivity contribution in [3.63, 3.8) is 0 Å². The maximum atomic E-state index is 13.8. The molecule has 0 saturated heterocycles. The zero-order valence-electron chi connectivity index (χ0n) is 17.0. The Kier molecular flexibility index (Phi) is 3.98. The quantitative estimate of drug-likeness (QED) is 0.545. The number of ether oxygens (including phenoxy) is 1. The predicted octanol–water partition coefficient (Wildman–Crippen LogP) is 2.36. The monoisotopic (exact) mass is 509 g/mol. The molecular weight excluding hydrogens is 494 g/mol. The molecule has 1 N–H and O–H groups in total. The number of amides is 1. The molecule has 1 amide bonds. The molecule has 3 atom stereocenters. The first kappa shape index (κ1) is 19.6. The second kappa shape index (κ2) is 6.49. The minimum Gasteiger partial charge on any atom is -0.465 e. The van der Waals surface area contributed by atoms with E-state index in [1.165, 1.54) is 6.92 Å². The molecule has 3 aliphatic heterocycles. The molecule has 160 valence electrons. The van der Waals surface area contributed by atoms with Crippen LogP contribution in [0.1, 0.15) is 31.0 Å². The predicted molar refractivity (Wildman–Crippen MR) is 122 cm³/mol. The van der Waals surface area contributed by atoms with Crippen LogP contribution in [0.15, 0.2) is 56.7 Å². The number of carbonyl (C=O) groups excluding carboxylic acids is 2. The van der Waals surface area contributed by atoms with Gasteiger partial charge in [-0.05, 0) is 38.1 Å². The van der Waals surface area contributed by atoms with Gasteiger partial charge >= 0.3 is 0 Å². The zero-order chi connectivity index (χ0) is 22.4. The number of carbonyl (C=O) groups is 2. The lowest BCUT2D eigenvalue weighted by molar-refractivity contribution is -0.132. The van der Waals surface area contributed by atoms with Crippen LogP contribution < -0.4 is 24.9 Å². The number of benzene rings is 2. The average molecular weight is 510 g/mol. The lowest BCUT2D eigenvalue weighted by atomic mass is 9.79. The van der Waals surface area contributed by atoms with Crippen molar-refractivity contribution in [3.8, 4) is 5.75 Å². The molecule has 4 heterocycles. The van der Waals surface area contributed by atoms with Crippen molar-refractivity contribution in [1.82, 2.24) is 4.57 Å². The van der Waals surface area contributed by atoms with Crippen LogP contribution in [0.3, 0.4) is 0 Å². The number of nitrogens with one attached hydrogen (secondary N) is 1. The van der Waals surface area contributed by atoms with Crippen molar-refractivity contribution in [1.29, 1.82) is 0 Å². The molecule has 0 unspecified atom stereocenters. The third kappa shape index (κ3) is 2.52. The highest BCUT2D eigenvalue weighted by molar-refractivity contribution is 9.10. The number of hydrogen-bond donors (Lipinski definition) is 1. The number of nitrogens with zero attached hydrogens (tertiary/aromatic N) is 2. The van der Waals surface area contributed by atoms with E-state index in [1.807, 2.05) is 36.4 Å². The Bertz CT molecular complexity index is 1560. The first-order valence-electron chi connectivity index (χ1n) is 10.0. The molecule has 0 spiro atoms. The summed E-state index contributed by atoms with van der Waals surface area (Å²) in [5, 5.41) is 2.83. The van der Waals surface area contributed by atoms with Gasteiger partial charge in [-0.15, -0.1) is 0 Å². The van der Waals surface area contributed by atoms with Gasteiger partial charge < -0.3 is 10.1 Å². The molecule has 1 aromatic heterocycles. The second-order valence-corrected chi connectivity index (χ2v) is 10.1. The third-order valence-electron chi connectivity index (χ3n) is 6.25. The number of aromatic nitrogens is 1. The largest absolute Gasteiger partial charge is 0.465 e. The van der Waals surface area contributed by atoms with Crippen molar-refractivity contribution in [3.05, 3.63) is 77.8 Å². The number of halogens is 1. The molecular formula is C23H16BrN3O4S. The van der Waals surface area contributed by atoms with E-state index in [1.54, 1.807) is 17.6 Å². The second-order valence-electron chi connectivity index (χ2n) is 8.25. The number of Topliss-reactive ketones (excluding diaryl/α,β-unsaturated/α-hetero) is 1. The smallest absolute Gasteiger partial charge is 0.271 e. The van der Waals surface area contributed by atoms with Crippen LogP contribution in [-0.2, 0) is 9.59 Å². The van der Waals surface area contributed by atoms with E-state index >= 15 is 0 Å². The molecule has 2 bridgehead atoms. The summed E-state index contributed by atoms with van der Waals surface area (Å²) < 4.78 is 8.87. The fraction of sp³-hybridized carbons (Fsp3) is 0.217. The van der Waals surface area contributed by atoms with Crippen molar-refractivity contribution < 1.29 is 14.3 Å². The fourth-order valence-corrected chi connectivity index (χ4v) is 6.53. The van der Waals surface area contributed by atoms with Gasteiger partial charge in [0, 0.05) is 21.3 Å². The first-order chi connectivity index (χ1) is 15.3. The van der Waals surface area contributed by atoms with Crippen LogP contribution in [0.4, 0.5) is 5.69 Å². The summed E-state index contributed by atoms with van der Waals surface area (Å²) in [5.74, 6) is -0.495.